The van der Waals surface area contributed by atoms with Gasteiger partial charge < -0.3 is 15.4 Å². The molecule has 1 atom stereocenters. The zero-order chi connectivity index (χ0) is 21.7. The van der Waals surface area contributed by atoms with Crippen LogP contribution in [-0.2, 0) is 25.6 Å². The summed E-state index contributed by atoms with van der Waals surface area (Å²) in [6.45, 7) is 3.24. The van der Waals surface area contributed by atoms with Crippen LogP contribution in [0.5, 0.6) is 5.88 Å². The SMILES string of the molecule is CCc1nc2n(n1)CC(NC(=NC)NCCOc1ncc(C(F)(F)F)cc1Cl)CC2.I. The summed E-state index contributed by atoms with van der Waals surface area (Å²) < 4.78 is 45.2. The first-order valence-electron chi connectivity index (χ1n) is 9.55. The summed E-state index contributed by atoms with van der Waals surface area (Å²) in [6, 6.07) is 0.950. The second-order valence-corrected chi connectivity index (χ2v) is 7.12. The molecule has 1 aliphatic rings. The molecule has 0 bridgehead atoms. The van der Waals surface area contributed by atoms with E-state index in [0.29, 0.717) is 25.2 Å². The molecule has 2 N–H and O–H groups in total. The first kappa shape index (κ1) is 25.4. The monoisotopic (exact) mass is 573 g/mol. The van der Waals surface area contributed by atoms with E-state index in [4.69, 9.17) is 16.3 Å². The minimum Gasteiger partial charge on any atom is -0.475 e. The number of alkyl halides is 3. The molecule has 1 aliphatic heterocycles. The van der Waals surface area contributed by atoms with Crippen LogP contribution in [0.4, 0.5) is 13.2 Å². The molecular weight excluding hydrogens is 550 g/mol. The minimum atomic E-state index is -4.50. The van der Waals surface area contributed by atoms with Crippen LogP contribution in [0.25, 0.3) is 0 Å². The van der Waals surface area contributed by atoms with Gasteiger partial charge in [0.05, 0.1) is 18.7 Å². The van der Waals surface area contributed by atoms with E-state index < -0.39 is 11.7 Å². The molecule has 0 saturated heterocycles. The van der Waals surface area contributed by atoms with E-state index in [2.05, 4.69) is 30.7 Å². The number of nitrogens with zero attached hydrogens (tertiary/aromatic N) is 5. The van der Waals surface area contributed by atoms with E-state index >= 15 is 0 Å². The van der Waals surface area contributed by atoms with Gasteiger partial charge in [-0.05, 0) is 12.5 Å². The fourth-order valence-electron chi connectivity index (χ4n) is 3.02. The summed E-state index contributed by atoms with van der Waals surface area (Å²) in [4.78, 5) is 12.3. The lowest BCUT2D eigenvalue weighted by Crippen LogP contribution is -2.47. The second kappa shape index (κ2) is 11.2. The van der Waals surface area contributed by atoms with Gasteiger partial charge >= 0.3 is 6.18 Å². The molecule has 31 heavy (non-hydrogen) atoms. The van der Waals surface area contributed by atoms with Crippen LogP contribution < -0.4 is 15.4 Å². The molecular formula is C18H24ClF3IN7O. The van der Waals surface area contributed by atoms with Crippen LogP contribution in [0.3, 0.4) is 0 Å². The van der Waals surface area contributed by atoms with E-state index in [-0.39, 0.29) is 47.5 Å². The molecule has 0 aromatic carbocycles. The largest absolute Gasteiger partial charge is 0.475 e. The van der Waals surface area contributed by atoms with Gasteiger partial charge in [-0.25, -0.2) is 14.6 Å². The lowest BCUT2D eigenvalue weighted by atomic mass is 10.1. The smallest absolute Gasteiger partial charge is 0.417 e. The molecule has 0 spiro atoms. The lowest BCUT2D eigenvalue weighted by Gasteiger charge is -2.25. The normalized spacial score (nSPS) is 16.3. The van der Waals surface area contributed by atoms with Crippen molar-refractivity contribution in [2.24, 2.45) is 4.99 Å². The van der Waals surface area contributed by atoms with E-state index in [1.165, 1.54) is 0 Å². The van der Waals surface area contributed by atoms with Crippen molar-refractivity contribution in [3.63, 3.8) is 0 Å². The van der Waals surface area contributed by atoms with E-state index in [1.807, 2.05) is 11.6 Å². The number of nitrogens with one attached hydrogen (secondary N) is 2. The van der Waals surface area contributed by atoms with Gasteiger partial charge in [0.2, 0.25) is 5.88 Å². The highest BCUT2D eigenvalue weighted by Crippen LogP contribution is 2.33. The molecule has 2 aromatic rings. The van der Waals surface area contributed by atoms with Crippen molar-refractivity contribution >= 4 is 41.5 Å². The summed E-state index contributed by atoms with van der Waals surface area (Å²) in [6.07, 6.45) is -1.26. The highest BCUT2D eigenvalue weighted by Gasteiger charge is 2.31. The maximum absolute atomic E-state index is 12.6. The van der Waals surface area contributed by atoms with E-state index in [1.54, 1.807) is 7.05 Å². The summed E-state index contributed by atoms with van der Waals surface area (Å²) in [7, 11) is 1.66. The number of halogens is 5. The van der Waals surface area contributed by atoms with Crippen molar-refractivity contribution in [1.82, 2.24) is 30.4 Å². The molecule has 3 rings (SSSR count). The molecule has 0 radical (unpaired) electrons. The van der Waals surface area contributed by atoms with Crippen LogP contribution in [0.2, 0.25) is 5.02 Å². The molecule has 2 aromatic heterocycles. The van der Waals surface area contributed by atoms with Gasteiger partial charge in [0.1, 0.15) is 17.5 Å². The Labute approximate surface area is 200 Å². The fourth-order valence-corrected chi connectivity index (χ4v) is 3.24. The van der Waals surface area contributed by atoms with Crippen LogP contribution >= 0.6 is 35.6 Å². The Kier molecular flexibility index (Phi) is 9.15. The molecule has 0 fully saturated rings. The predicted octanol–water partition coefficient (Wildman–Crippen LogP) is 3.08. The third-order valence-electron chi connectivity index (χ3n) is 4.55. The summed E-state index contributed by atoms with van der Waals surface area (Å²) >= 11 is 5.83. The standard InChI is InChI=1S/C18H23ClF3N7O.HI/c1-3-14-27-15-5-4-12(10-29(15)28-14)26-17(23-2)24-6-7-30-16-13(19)8-11(9-25-16)18(20,21)22;/h8-9,12H,3-7,10H2,1-2H3,(H2,23,24,26);1H. The Morgan fingerprint density at radius 3 is 2.84 bits per heavy atom. The van der Waals surface area contributed by atoms with Gasteiger partial charge in [-0.2, -0.15) is 18.3 Å². The molecule has 0 aliphatic carbocycles. The number of rotatable bonds is 6. The van der Waals surface area contributed by atoms with Gasteiger partial charge in [-0.1, -0.05) is 18.5 Å². The highest BCUT2D eigenvalue weighted by atomic mass is 127. The first-order valence-corrected chi connectivity index (χ1v) is 9.93. The topological polar surface area (TPSA) is 89.2 Å². The number of aryl methyl sites for hydroxylation is 2. The zero-order valence-corrected chi connectivity index (χ0v) is 20.1. The molecule has 0 saturated carbocycles. The van der Waals surface area contributed by atoms with Crippen molar-refractivity contribution in [3.05, 3.63) is 34.5 Å². The molecule has 3 heterocycles. The van der Waals surface area contributed by atoms with Crippen LogP contribution in [0, 0.1) is 0 Å². The van der Waals surface area contributed by atoms with Crippen molar-refractivity contribution in [3.8, 4) is 5.88 Å². The van der Waals surface area contributed by atoms with Gasteiger partial charge in [-0.15, -0.1) is 24.0 Å². The molecule has 172 valence electrons. The third-order valence-corrected chi connectivity index (χ3v) is 4.82. The first-order chi connectivity index (χ1) is 14.3. The Bertz CT molecular complexity index is 907. The number of fused-ring (bicyclic) bond motifs is 1. The van der Waals surface area contributed by atoms with Gasteiger partial charge in [-0.3, -0.25) is 4.99 Å². The molecule has 8 nitrogen and oxygen atoms in total. The van der Waals surface area contributed by atoms with E-state index in [0.717, 1.165) is 37.0 Å². The maximum Gasteiger partial charge on any atom is 0.417 e. The molecule has 1 unspecified atom stereocenters. The zero-order valence-electron chi connectivity index (χ0n) is 17.0. The quantitative estimate of drug-likeness (QED) is 0.239. The number of aromatic nitrogens is 4. The minimum absolute atomic E-state index is 0. The lowest BCUT2D eigenvalue weighted by molar-refractivity contribution is -0.137. The van der Waals surface area contributed by atoms with Crippen LogP contribution in [0.1, 0.15) is 30.6 Å². The van der Waals surface area contributed by atoms with Crippen LogP contribution in [-0.4, -0.2) is 51.9 Å². The number of aliphatic imine (C=N–C) groups is 1. The molecule has 13 heteroatoms. The summed E-state index contributed by atoms with van der Waals surface area (Å²) in [5, 5.41) is 10.7. The number of guanidine groups is 1. The van der Waals surface area contributed by atoms with Crippen molar-refractivity contribution in [2.75, 3.05) is 20.2 Å². The Hall–Kier alpha value is -1.83. The summed E-state index contributed by atoms with van der Waals surface area (Å²) in [5.41, 5.74) is -0.920. The average Bonchev–Trinajstić information content (AvgIpc) is 3.13. The fraction of sp³-hybridized carbons (Fsp3) is 0.556. The van der Waals surface area contributed by atoms with Gasteiger partial charge in [0, 0.05) is 32.1 Å². The maximum atomic E-state index is 12.6. The Morgan fingerprint density at radius 2 is 2.19 bits per heavy atom. The van der Waals surface area contributed by atoms with Crippen LogP contribution in [0.15, 0.2) is 17.3 Å². The highest BCUT2D eigenvalue weighted by molar-refractivity contribution is 14.0. The second-order valence-electron chi connectivity index (χ2n) is 6.72. The number of hydrogen-bond donors (Lipinski definition) is 2. The predicted molar refractivity (Wildman–Crippen MR) is 121 cm³/mol. The average molecular weight is 574 g/mol. The third kappa shape index (κ3) is 6.82. The molecule has 0 amide bonds. The Morgan fingerprint density at radius 1 is 1.42 bits per heavy atom. The number of hydrogen-bond acceptors (Lipinski definition) is 5. The van der Waals surface area contributed by atoms with Gasteiger partial charge in [0.15, 0.2) is 11.8 Å². The van der Waals surface area contributed by atoms with E-state index in [9.17, 15) is 13.2 Å². The summed E-state index contributed by atoms with van der Waals surface area (Å²) in [5.74, 6) is 2.39. The number of pyridine rings is 1. The van der Waals surface area contributed by atoms with Crippen molar-refractivity contribution < 1.29 is 17.9 Å². The Balaban J connectivity index is 0.00000341. The number of ether oxygens (including phenoxy) is 1. The van der Waals surface area contributed by atoms with Gasteiger partial charge in [0.25, 0.3) is 0 Å². The van der Waals surface area contributed by atoms with Crippen molar-refractivity contribution in [2.45, 2.75) is 44.9 Å². The van der Waals surface area contributed by atoms with Crippen molar-refractivity contribution in [1.29, 1.82) is 0 Å².